The predicted octanol–water partition coefficient (Wildman–Crippen LogP) is 3.64. The maximum absolute atomic E-state index is 13.7. The summed E-state index contributed by atoms with van der Waals surface area (Å²) in [7, 11) is 0. The molecule has 7 heteroatoms. The van der Waals surface area contributed by atoms with Crippen LogP contribution in [0.15, 0.2) is 30.3 Å². The van der Waals surface area contributed by atoms with Gasteiger partial charge in [0, 0.05) is 6.04 Å². The number of hydrogen-bond donors (Lipinski definition) is 1. The Morgan fingerprint density at radius 2 is 1.85 bits per heavy atom. The van der Waals surface area contributed by atoms with Crippen molar-refractivity contribution in [2.45, 2.75) is 96.4 Å². The molecule has 1 N–H and O–H groups in total. The molecule has 0 bridgehead atoms. The summed E-state index contributed by atoms with van der Waals surface area (Å²) in [6, 6.07) is 8.91. The summed E-state index contributed by atoms with van der Waals surface area (Å²) in [6.07, 6.45) is 5.80. The molecule has 0 radical (unpaired) electrons. The lowest BCUT2D eigenvalue weighted by molar-refractivity contribution is -0.160. The van der Waals surface area contributed by atoms with E-state index in [0.29, 0.717) is 25.2 Å². The Bertz CT molecular complexity index is 835. The third-order valence-corrected chi connectivity index (χ3v) is 6.68. The Morgan fingerprint density at radius 3 is 2.53 bits per heavy atom. The molecule has 2 aliphatic rings. The Labute approximate surface area is 203 Å². The second kappa shape index (κ2) is 11.8. The van der Waals surface area contributed by atoms with E-state index >= 15 is 0 Å². The second-order valence-corrected chi connectivity index (χ2v) is 10.4. The Kier molecular flexibility index (Phi) is 9.11. The quantitative estimate of drug-likeness (QED) is 0.553. The zero-order valence-corrected chi connectivity index (χ0v) is 21.0. The first kappa shape index (κ1) is 26.2. The number of ether oxygens (including phenoxy) is 2. The Morgan fingerprint density at radius 1 is 1.12 bits per heavy atom. The minimum atomic E-state index is -0.606. The van der Waals surface area contributed by atoms with Crippen LogP contribution in [0.5, 0.6) is 0 Å². The van der Waals surface area contributed by atoms with Gasteiger partial charge in [-0.1, -0.05) is 36.8 Å². The van der Waals surface area contributed by atoms with Gasteiger partial charge in [-0.3, -0.25) is 19.7 Å². The van der Waals surface area contributed by atoms with Crippen LogP contribution in [0.3, 0.4) is 0 Å². The fraction of sp³-hybridized carbons (Fsp3) is 0.667. The van der Waals surface area contributed by atoms with Crippen LogP contribution < -0.4 is 5.32 Å². The molecule has 3 rings (SSSR count). The lowest BCUT2D eigenvalue weighted by Gasteiger charge is -2.33. The summed E-state index contributed by atoms with van der Waals surface area (Å²) >= 11 is 0. The SMILES string of the molecule is CCOC(=O)[C@H](CCc1ccccc1)N[C@H]1CC[C@H]2CCC[C@H]2N(CC(=O)OC(C)(C)C)C1=O. The van der Waals surface area contributed by atoms with Crippen LogP contribution in [0.2, 0.25) is 0 Å². The number of nitrogens with one attached hydrogen (secondary N) is 1. The largest absolute Gasteiger partial charge is 0.465 e. The van der Waals surface area contributed by atoms with Crippen molar-refractivity contribution in [2.75, 3.05) is 13.2 Å². The van der Waals surface area contributed by atoms with Crippen LogP contribution in [0, 0.1) is 5.92 Å². The zero-order valence-electron chi connectivity index (χ0n) is 21.0. The summed E-state index contributed by atoms with van der Waals surface area (Å²) in [5.74, 6) is -0.467. The van der Waals surface area contributed by atoms with E-state index in [1.54, 1.807) is 11.8 Å². The molecule has 188 valence electrons. The van der Waals surface area contributed by atoms with Crippen molar-refractivity contribution in [3.8, 4) is 0 Å². The highest BCUT2D eigenvalue weighted by Crippen LogP contribution is 2.36. The van der Waals surface area contributed by atoms with Gasteiger partial charge in [0.05, 0.1) is 12.6 Å². The van der Waals surface area contributed by atoms with E-state index in [9.17, 15) is 14.4 Å². The molecular formula is C27H40N2O5. The molecule has 1 amide bonds. The van der Waals surface area contributed by atoms with Crippen LogP contribution in [0.4, 0.5) is 0 Å². The predicted molar refractivity (Wildman–Crippen MR) is 130 cm³/mol. The van der Waals surface area contributed by atoms with Gasteiger partial charge in [0.2, 0.25) is 5.91 Å². The molecule has 7 nitrogen and oxygen atoms in total. The molecule has 0 spiro atoms. The van der Waals surface area contributed by atoms with Gasteiger partial charge in [-0.2, -0.15) is 0 Å². The van der Waals surface area contributed by atoms with Gasteiger partial charge in [0.25, 0.3) is 0 Å². The van der Waals surface area contributed by atoms with Gasteiger partial charge in [0.1, 0.15) is 18.2 Å². The smallest absolute Gasteiger partial charge is 0.326 e. The average Bonchev–Trinajstić information content (AvgIpc) is 3.20. The number of fused-ring (bicyclic) bond motifs is 1. The summed E-state index contributed by atoms with van der Waals surface area (Å²) in [6.45, 7) is 7.50. The highest BCUT2D eigenvalue weighted by atomic mass is 16.6. The first-order valence-corrected chi connectivity index (χ1v) is 12.7. The maximum Gasteiger partial charge on any atom is 0.326 e. The van der Waals surface area contributed by atoms with Crippen molar-refractivity contribution in [2.24, 2.45) is 5.92 Å². The minimum absolute atomic E-state index is 0.0520. The van der Waals surface area contributed by atoms with Gasteiger partial charge >= 0.3 is 11.9 Å². The van der Waals surface area contributed by atoms with E-state index < -0.39 is 23.7 Å². The van der Waals surface area contributed by atoms with Gasteiger partial charge in [-0.15, -0.1) is 0 Å². The van der Waals surface area contributed by atoms with Crippen LogP contribution in [-0.4, -0.2) is 59.6 Å². The highest BCUT2D eigenvalue weighted by molar-refractivity contribution is 5.87. The molecular weight excluding hydrogens is 432 g/mol. The monoisotopic (exact) mass is 472 g/mol. The van der Waals surface area contributed by atoms with Crippen molar-refractivity contribution >= 4 is 17.8 Å². The highest BCUT2D eigenvalue weighted by Gasteiger charge is 2.42. The van der Waals surface area contributed by atoms with Crippen LogP contribution in [0.1, 0.15) is 71.8 Å². The number of carbonyl (C=O) groups excluding carboxylic acids is 3. The molecule has 0 unspecified atom stereocenters. The first-order chi connectivity index (χ1) is 16.2. The lowest BCUT2D eigenvalue weighted by Crippen LogP contribution is -2.54. The van der Waals surface area contributed by atoms with Gasteiger partial charge in [-0.25, -0.2) is 0 Å². The minimum Gasteiger partial charge on any atom is -0.465 e. The second-order valence-electron chi connectivity index (χ2n) is 10.4. The van der Waals surface area contributed by atoms with Gasteiger partial charge in [0.15, 0.2) is 0 Å². The average molecular weight is 473 g/mol. The number of nitrogens with zero attached hydrogens (tertiary/aromatic N) is 1. The molecule has 1 saturated carbocycles. The standard InChI is InChI=1S/C27H40N2O5/c1-5-33-26(32)22(16-14-19-10-7-6-8-11-19)28-21-17-15-20-12-9-13-23(20)29(25(21)31)18-24(30)34-27(2,3)4/h6-8,10-11,20-23,28H,5,9,12-18H2,1-4H3/t20-,21+,22+,23-/m1/s1. The number of likely N-dealkylation sites (tertiary alicyclic amines) is 1. The third kappa shape index (κ3) is 7.29. The van der Waals surface area contributed by atoms with Crippen molar-refractivity contribution in [3.63, 3.8) is 0 Å². The fourth-order valence-corrected chi connectivity index (χ4v) is 5.21. The number of carbonyl (C=O) groups is 3. The lowest BCUT2D eigenvalue weighted by atomic mass is 9.97. The molecule has 1 aromatic rings. The van der Waals surface area contributed by atoms with Crippen LogP contribution in [-0.2, 0) is 30.3 Å². The fourth-order valence-electron chi connectivity index (χ4n) is 5.21. The topological polar surface area (TPSA) is 84.9 Å². The summed E-state index contributed by atoms with van der Waals surface area (Å²) < 4.78 is 10.8. The van der Waals surface area contributed by atoms with E-state index in [1.807, 2.05) is 51.1 Å². The first-order valence-electron chi connectivity index (χ1n) is 12.7. The summed E-state index contributed by atoms with van der Waals surface area (Å²) in [5.41, 5.74) is 0.525. The normalized spacial score (nSPS) is 23.7. The van der Waals surface area contributed by atoms with Gasteiger partial charge in [-0.05, 0) is 77.7 Å². The Hall–Kier alpha value is -2.41. The van der Waals surface area contributed by atoms with Crippen molar-refractivity contribution < 1.29 is 23.9 Å². The van der Waals surface area contributed by atoms with E-state index in [4.69, 9.17) is 9.47 Å². The molecule has 1 aliphatic heterocycles. The molecule has 34 heavy (non-hydrogen) atoms. The molecule has 1 saturated heterocycles. The van der Waals surface area contributed by atoms with Crippen LogP contribution in [0.25, 0.3) is 0 Å². The van der Waals surface area contributed by atoms with Crippen molar-refractivity contribution in [3.05, 3.63) is 35.9 Å². The summed E-state index contributed by atoms with van der Waals surface area (Å²) in [5, 5.41) is 3.32. The third-order valence-electron chi connectivity index (χ3n) is 6.68. The molecule has 0 aromatic heterocycles. The molecule has 4 atom stereocenters. The molecule has 2 fully saturated rings. The molecule has 1 aliphatic carbocycles. The number of hydrogen-bond acceptors (Lipinski definition) is 6. The number of benzene rings is 1. The zero-order chi connectivity index (χ0) is 24.7. The summed E-state index contributed by atoms with van der Waals surface area (Å²) in [4.78, 5) is 40.8. The maximum atomic E-state index is 13.7. The van der Waals surface area contributed by atoms with E-state index in [-0.39, 0.29) is 31.1 Å². The number of amides is 1. The number of aryl methyl sites for hydroxylation is 1. The van der Waals surface area contributed by atoms with E-state index in [2.05, 4.69) is 5.32 Å². The van der Waals surface area contributed by atoms with E-state index in [1.165, 1.54) is 0 Å². The molecule has 1 aromatic carbocycles. The van der Waals surface area contributed by atoms with E-state index in [0.717, 1.165) is 31.2 Å². The Balaban J connectivity index is 1.74. The number of rotatable bonds is 9. The van der Waals surface area contributed by atoms with Crippen LogP contribution >= 0.6 is 0 Å². The van der Waals surface area contributed by atoms with Crippen molar-refractivity contribution in [1.82, 2.24) is 10.2 Å². The molecule has 1 heterocycles. The van der Waals surface area contributed by atoms with Gasteiger partial charge < -0.3 is 14.4 Å². The van der Waals surface area contributed by atoms with Crippen molar-refractivity contribution in [1.29, 1.82) is 0 Å². The number of esters is 2.